The summed E-state index contributed by atoms with van der Waals surface area (Å²) in [6.07, 6.45) is 88.5. The average Bonchev–Trinajstić information content (AvgIpc) is 3.41. The molecular formula is C69H110O6. The number of esters is 3. The maximum Gasteiger partial charge on any atom is 0.306 e. The molecule has 0 amide bonds. The lowest BCUT2D eigenvalue weighted by molar-refractivity contribution is -0.167. The number of rotatable bonds is 53. The van der Waals surface area contributed by atoms with Gasteiger partial charge >= 0.3 is 17.9 Å². The molecule has 0 aromatic rings. The summed E-state index contributed by atoms with van der Waals surface area (Å²) in [5.41, 5.74) is 0. The normalized spacial score (nSPS) is 13.2. The van der Waals surface area contributed by atoms with Gasteiger partial charge in [-0.2, -0.15) is 0 Å². The van der Waals surface area contributed by atoms with E-state index in [1.54, 1.807) is 0 Å². The Morgan fingerprint density at radius 1 is 0.267 bits per heavy atom. The van der Waals surface area contributed by atoms with Crippen molar-refractivity contribution in [2.75, 3.05) is 13.2 Å². The Morgan fingerprint density at radius 2 is 0.480 bits per heavy atom. The highest BCUT2D eigenvalue weighted by molar-refractivity contribution is 5.71. The third kappa shape index (κ3) is 60.0. The molecule has 0 aromatic heterocycles. The van der Waals surface area contributed by atoms with E-state index in [0.717, 1.165) is 141 Å². The van der Waals surface area contributed by atoms with Gasteiger partial charge in [-0.05, 0) is 135 Å². The maximum absolute atomic E-state index is 12.9. The molecule has 0 aliphatic rings. The quantitative estimate of drug-likeness (QED) is 0.0261. The van der Waals surface area contributed by atoms with E-state index < -0.39 is 6.10 Å². The van der Waals surface area contributed by atoms with Gasteiger partial charge in [0, 0.05) is 19.3 Å². The highest BCUT2D eigenvalue weighted by Gasteiger charge is 2.19. The fourth-order valence-corrected chi connectivity index (χ4v) is 7.89. The molecule has 0 aliphatic carbocycles. The summed E-state index contributed by atoms with van der Waals surface area (Å²) in [6.45, 7) is 6.24. The van der Waals surface area contributed by atoms with Crippen molar-refractivity contribution in [2.45, 2.75) is 258 Å². The van der Waals surface area contributed by atoms with Crippen molar-refractivity contribution in [2.24, 2.45) is 0 Å². The molecule has 422 valence electrons. The maximum atomic E-state index is 12.9. The zero-order valence-electron chi connectivity index (χ0n) is 48.3. The number of carbonyl (C=O) groups is 3. The van der Waals surface area contributed by atoms with Gasteiger partial charge in [-0.3, -0.25) is 14.4 Å². The van der Waals surface area contributed by atoms with Crippen molar-refractivity contribution in [3.05, 3.63) is 146 Å². The third-order valence-electron chi connectivity index (χ3n) is 12.3. The van der Waals surface area contributed by atoms with Crippen LogP contribution >= 0.6 is 0 Å². The first-order chi connectivity index (χ1) is 37.0. The highest BCUT2D eigenvalue weighted by Crippen LogP contribution is 2.15. The van der Waals surface area contributed by atoms with Gasteiger partial charge in [0.2, 0.25) is 0 Å². The molecule has 0 aliphatic heterocycles. The zero-order valence-corrected chi connectivity index (χ0v) is 48.3. The number of carbonyl (C=O) groups excluding carboxylic acids is 3. The smallest absolute Gasteiger partial charge is 0.306 e. The number of ether oxygens (including phenoxy) is 3. The predicted molar refractivity (Wildman–Crippen MR) is 325 cm³/mol. The Balaban J connectivity index is 4.41. The van der Waals surface area contributed by atoms with Crippen LogP contribution in [-0.2, 0) is 28.6 Å². The zero-order chi connectivity index (χ0) is 54.3. The van der Waals surface area contributed by atoms with Gasteiger partial charge in [-0.1, -0.05) is 244 Å². The summed E-state index contributed by atoms with van der Waals surface area (Å²) in [5.74, 6) is -0.975. The third-order valence-corrected chi connectivity index (χ3v) is 12.3. The van der Waals surface area contributed by atoms with Gasteiger partial charge in [0.1, 0.15) is 13.2 Å². The lowest BCUT2D eigenvalue weighted by Gasteiger charge is -2.18. The van der Waals surface area contributed by atoms with E-state index in [2.05, 4.69) is 167 Å². The second-order valence-electron chi connectivity index (χ2n) is 19.5. The SMILES string of the molecule is CC/C=C\C/C=C\C/C=C\C/C=C\C/C=C\CCCCCC(=O)OC(COC(=O)CCCCC/C=C\C/C=C\C/C=C\CC)COC(=O)CCCCCCCCCCCCCC/C=C\C/C=C\C/C=C\C/C=C\CC. The Bertz CT molecular complexity index is 1660. The minimum atomic E-state index is -0.815. The first-order valence-electron chi connectivity index (χ1n) is 30.3. The number of hydrogen-bond acceptors (Lipinski definition) is 6. The molecule has 0 bridgehead atoms. The van der Waals surface area contributed by atoms with Crippen LogP contribution < -0.4 is 0 Å². The summed E-state index contributed by atoms with van der Waals surface area (Å²) in [4.78, 5) is 38.2. The lowest BCUT2D eigenvalue weighted by atomic mass is 10.0. The van der Waals surface area contributed by atoms with Crippen LogP contribution in [0.25, 0.3) is 0 Å². The monoisotopic (exact) mass is 1030 g/mol. The van der Waals surface area contributed by atoms with Crippen LogP contribution in [0.15, 0.2) is 146 Å². The molecule has 0 spiro atoms. The van der Waals surface area contributed by atoms with Crippen molar-refractivity contribution in [1.82, 2.24) is 0 Å². The first-order valence-corrected chi connectivity index (χ1v) is 30.3. The van der Waals surface area contributed by atoms with E-state index in [-0.39, 0.29) is 37.5 Å². The number of hydrogen-bond donors (Lipinski definition) is 0. The molecule has 0 saturated heterocycles. The molecule has 1 unspecified atom stereocenters. The standard InChI is InChI=1S/C69H110O6/c1-4-7-10-13-16-19-22-25-27-29-31-32-33-34-35-36-38-39-41-44-47-50-53-56-59-62-68(71)74-65-66(64-73-67(70)61-58-55-52-49-46-43-24-21-18-15-12-9-6-3)75-69(72)63-60-57-54-51-48-45-42-40-37-30-28-26-23-20-17-14-11-8-5-2/h7-12,16-21,25-28,31-32,37,40,43,45-46,48,66H,4-6,13-15,22-24,29-30,33-36,38-39,41-42,44,47,49-65H2,1-3H3/b10-7-,11-8-,12-9-,19-16-,20-17-,21-18-,27-25-,28-26-,32-31-,40-37-,46-43-,48-45-. The molecule has 0 radical (unpaired) electrons. The van der Waals surface area contributed by atoms with E-state index in [9.17, 15) is 14.4 Å². The Hall–Kier alpha value is -4.71. The molecule has 0 aromatic carbocycles. The van der Waals surface area contributed by atoms with Gasteiger partial charge in [-0.15, -0.1) is 0 Å². The largest absolute Gasteiger partial charge is 0.462 e. The second kappa shape index (κ2) is 61.8. The summed E-state index contributed by atoms with van der Waals surface area (Å²) >= 11 is 0. The minimum absolute atomic E-state index is 0.107. The van der Waals surface area contributed by atoms with Gasteiger partial charge < -0.3 is 14.2 Å². The fraction of sp³-hybridized carbons (Fsp3) is 0.609. The van der Waals surface area contributed by atoms with Crippen molar-refractivity contribution >= 4 is 17.9 Å². The first kappa shape index (κ1) is 70.3. The van der Waals surface area contributed by atoms with E-state index >= 15 is 0 Å². The van der Waals surface area contributed by atoms with Crippen LogP contribution in [0.1, 0.15) is 252 Å². The van der Waals surface area contributed by atoms with Crippen LogP contribution in [0.2, 0.25) is 0 Å². The van der Waals surface area contributed by atoms with Crippen molar-refractivity contribution < 1.29 is 28.6 Å². The van der Waals surface area contributed by atoms with E-state index in [4.69, 9.17) is 14.2 Å². The topological polar surface area (TPSA) is 78.9 Å². The summed E-state index contributed by atoms with van der Waals surface area (Å²) < 4.78 is 16.8. The average molecular weight is 1040 g/mol. The summed E-state index contributed by atoms with van der Waals surface area (Å²) in [5, 5.41) is 0. The predicted octanol–water partition coefficient (Wildman–Crippen LogP) is 20.8. The van der Waals surface area contributed by atoms with Crippen molar-refractivity contribution in [1.29, 1.82) is 0 Å². The molecule has 75 heavy (non-hydrogen) atoms. The Morgan fingerprint density at radius 3 is 0.760 bits per heavy atom. The Labute approximate surface area is 461 Å². The lowest BCUT2D eigenvalue weighted by Crippen LogP contribution is -2.30. The minimum Gasteiger partial charge on any atom is -0.462 e. The summed E-state index contributed by atoms with van der Waals surface area (Å²) in [7, 11) is 0. The molecule has 1 atom stereocenters. The molecule has 0 saturated carbocycles. The van der Waals surface area contributed by atoms with E-state index in [0.29, 0.717) is 19.3 Å². The highest BCUT2D eigenvalue weighted by atomic mass is 16.6. The van der Waals surface area contributed by atoms with Crippen molar-refractivity contribution in [3.63, 3.8) is 0 Å². The molecular weight excluding hydrogens is 925 g/mol. The van der Waals surface area contributed by atoms with Gasteiger partial charge in [0.05, 0.1) is 0 Å². The van der Waals surface area contributed by atoms with Crippen LogP contribution in [0.4, 0.5) is 0 Å². The van der Waals surface area contributed by atoms with Crippen LogP contribution in [0, 0.1) is 0 Å². The van der Waals surface area contributed by atoms with Gasteiger partial charge in [-0.25, -0.2) is 0 Å². The van der Waals surface area contributed by atoms with Crippen molar-refractivity contribution in [3.8, 4) is 0 Å². The molecule has 6 heteroatoms. The fourth-order valence-electron chi connectivity index (χ4n) is 7.89. The molecule has 0 heterocycles. The Kier molecular flexibility index (Phi) is 58.0. The molecule has 0 N–H and O–H groups in total. The molecule has 0 fully saturated rings. The van der Waals surface area contributed by atoms with Crippen LogP contribution in [0.3, 0.4) is 0 Å². The van der Waals surface area contributed by atoms with Crippen LogP contribution in [-0.4, -0.2) is 37.2 Å². The van der Waals surface area contributed by atoms with Crippen LogP contribution in [0.5, 0.6) is 0 Å². The van der Waals surface area contributed by atoms with E-state index in [1.807, 2.05) is 0 Å². The molecule has 6 nitrogen and oxygen atoms in total. The van der Waals surface area contributed by atoms with Gasteiger partial charge in [0.25, 0.3) is 0 Å². The van der Waals surface area contributed by atoms with Gasteiger partial charge in [0.15, 0.2) is 6.10 Å². The molecule has 0 rings (SSSR count). The second-order valence-corrected chi connectivity index (χ2v) is 19.5. The number of allylic oxidation sites excluding steroid dienone is 24. The summed E-state index contributed by atoms with van der Waals surface area (Å²) in [6, 6.07) is 0. The van der Waals surface area contributed by atoms with E-state index in [1.165, 1.54) is 64.2 Å². The number of unbranched alkanes of at least 4 members (excludes halogenated alkanes) is 18.